The van der Waals surface area contributed by atoms with Gasteiger partial charge in [-0.25, -0.2) is 0 Å². The van der Waals surface area contributed by atoms with Gasteiger partial charge in [0.25, 0.3) is 0 Å². The van der Waals surface area contributed by atoms with Crippen LogP contribution in [0, 0.1) is 0 Å². The Labute approximate surface area is 159 Å². The molecule has 140 valence electrons. The molecule has 1 spiro atoms. The van der Waals surface area contributed by atoms with E-state index in [0.29, 0.717) is 25.8 Å². The highest BCUT2D eigenvalue weighted by Crippen LogP contribution is 2.49. The summed E-state index contributed by atoms with van der Waals surface area (Å²) in [5, 5.41) is 3.04. The van der Waals surface area contributed by atoms with Crippen LogP contribution in [0.2, 0.25) is 0 Å². The first-order chi connectivity index (χ1) is 13.2. The lowest BCUT2D eigenvalue weighted by Crippen LogP contribution is -2.48. The molecule has 0 unspecified atom stereocenters. The third-order valence-corrected chi connectivity index (χ3v) is 5.85. The lowest BCUT2D eigenvalue weighted by atomic mass is 9.73. The van der Waals surface area contributed by atoms with Crippen LogP contribution in [-0.4, -0.2) is 39.3 Å². The minimum atomic E-state index is -0.616. The number of amides is 2. The minimum Gasteiger partial charge on any atom is -0.338 e. The van der Waals surface area contributed by atoms with Crippen molar-refractivity contribution in [1.29, 1.82) is 0 Å². The van der Waals surface area contributed by atoms with Gasteiger partial charge in [0, 0.05) is 37.2 Å². The molecule has 1 aromatic heterocycles. The van der Waals surface area contributed by atoms with Crippen LogP contribution in [0.1, 0.15) is 43.9 Å². The van der Waals surface area contributed by atoms with E-state index in [1.807, 2.05) is 29.2 Å². The van der Waals surface area contributed by atoms with Crippen LogP contribution < -0.4 is 5.32 Å². The fourth-order valence-electron chi connectivity index (χ4n) is 4.61. The van der Waals surface area contributed by atoms with E-state index in [0.717, 1.165) is 29.8 Å². The number of nitrogens with one attached hydrogen (secondary N) is 1. The number of benzene rings is 1. The minimum absolute atomic E-state index is 0.0337. The highest BCUT2D eigenvalue weighted by molar-refractivity contribution is 6.07. The monoisotopic (exact) mass is 364 g/mol. The standard InChI is InChI=1S/C21H24N4O2/c1-2-5-18-21(16-6-3-4-7-17(16)24-20(21)27)10-13-25(18)19(26)9-8-15-14-22-11-12-23-15/h3-4,6-7,11-12,14,18H,2,5,8-10,13H2,1H3,(H,24,27)/t18-,21+/m0/s1. The average molecular weight is 364 g/mol. The van der Waals surface area contributed by atoms with Gasteiger partial charge in [-0.2, -0.15) is 0 Å². The van der Waals surface area contributed by atoms with Gasteiger partial charge < -0.3 is 10.2 Å². The van der Waals surface area contributed by atoms with Gasteiger partial charge in [0.1, 0.15) is 0 Å². The molecule has 27 heavy (non-hydrogen) atoms. The van der Waals surface area contributed by atoms with Crippen molar-refractivity contribution in [2.24, 2.45) is 0 Å². The maximum absolute atomic E-state index is 13.0. The first-order valence-electron chi connectivity index (χ1n) is 9.62. The maximum atomic E-state index is 13.0. The fraction of sp³-hybridized carbons (Fsp3) is 0.429. The highest BCUT2D eigenvalue weighted by atomic mass is 16.2. The second kappa shape index (κ2) is 7.10. The molecule has 4 rings (SSSR count). The van der Waals surface area contributed by atoms with Crippen molar-refractivity contribution in [1.82, 2.24) is 14.9 Å². The largest absolute Gasteiger partial charge is 0.338 e. The molecule has 2 amide bonds. The Bertz CT molecular complexity index is 854. The Morgan fingerprint density at radius 2 is 2.19 bits per heavy atom. The summed E-state index contributed by atoms with van der Waals surface area (Å²) in [5.74, 6) is 0.125. The molecule has 1 fully saturated rings. The molecule has 0 saturated carbocycles. The van der Waals surface area contributed by atoms with Crippen molar-refractivity contribution in [2.45, 2.75) is 50.5 Å². The molecule has 1 N–H and O–H groups in total. The number of hydrogen-bond acceptors (Lipinski definition) is 4. The SMILES string of the molecule is CCC[C@@H]1N(C(=O)CCc2cnccn2)CC[C@]12C(=O)Nc1ccccc12. The summed E-state index contributed by atoms with van der Waals surface area (Å²) in [5.41, 5.74) is 2.13. The molecular formula is C21H24N4O2. The number of anilines is 1. The Balaban J connectivity index is 1.58. The normalized spacial score (nSPS) is 23.5. The quantitative estimate of drug-likeness (QED) is 0.885. The van der Waals surface area contributed by atoms with Crippen LogP contribution in [0.5, 0.6) is 0 Å². The smallest absolute Gasteiger partial charge is 0.237 e. The predicted octanol–water partition coefficient (Wildman–Crippen LogP) is 2.70. The van der Waals surface area contributed by atoms with Gasteiger partial charge in [-0.3, -0.25) is 19.6 Å². The van der Waals surface area contributed by atoms with E-state index < -0.39 is 5.41 Å². The van der Waals surface area contributed by atoms with E-state index >= 15 is 0 Å². The van der Waals surface area contributed by atoms with Gasteiger partial charge in [-0.1, -0.05) is 31.5 Å². The summed E-state index contributed by atoms with van der Waals surface area (Å²) in [4.78, 5) is 36.3. The van der Waals surface area contributed by atoms with Crippen LogP contribution in [-0.2, 0) is 21.4 Å². The number of likely N-dealkylation sites (tertiary alicyclic amines) is 1. The average Bonchev–Trinajstić information content (AvgIpc) is 3.21. The van der Waals surface area contributed by atoms with Crippen molar-refractivity contribution in [2.75, 3.05) is 11.9 Å². The molecule has 2 aliphatic rings. The summed E-state index contributed by atoms with van der Waals surface area (Å²) in [6, 6.07) is 7.79. The molecular weight excluding hydrogens is 340 g/mol. The number of fused-ring (bicyclic) bond motifs is 2. The van der Waals surface area contributed by atoms with Gasteiger partial charge in [0.15, 0.2) is 0 Å². The Morgan fingerprint density at radius 3 is 2.96 bits per heavy atom. The maximum Gasteiger partial charge on any atom is 0.237 e. The molecule has 6 nitrogen and oxygen atoms in total. The van der Waals surface area contributed by atoms with E-state index in [9.17, 15) is 9.59 Å². The summed E-state index contributed by atoms with van der Waals surface area (Å²) in [6.07, 6.45) is 8.35. The van der Waals surface area contributed by atoms with Crippen LogP contribution >= 0.6 is 0 Å². The van der Waals surface area contributed by atoms with Gasteiger partial charge >= 0.3 is 0 Å². The number of carbonyl (C=O) groups is 2. The first kappa shape index (κ1) is 17.6. The molecule has 6 heteroatoms. The number of rotatable bonds is 5. The third-order valence-electron chi connectivity index (χ3n) is 5.85. The van der Waals surface area contributed by atoms with E-state index in [2.05, 4.69) is 22.2 Å². The van der Waals surface area contributed by atoms with E-state index in [1.54, 1.807) is 18.6 Å². The summed E-state index contributed by atoms with van der Waals surface area (Å²) in [6.45, 7) is 2.72. The summed E-state index contributed by atoms with van der Waals surface area (Å²) in [7, 11) is 0. The van der Waals surface area contributed by atoms with Gasteiger partial charge in [0.05, 0.1) is 17.2 Å². The number of para-hydroxylation sites is 1. The number of carbonyl (C=O) groups excluding carboxylic acids is 2. The van der Waals surface area contributed by atoms with Crippen LogP contribution in [0.4, 0.5) is 5.69 Å². The van der Waals surface area contributed by atoms with Gasteiger partial charge in [-0.15, -0.1) is 0 Å². The lowest BCUT2D eigenvalue weighted by molar-refractivity contribution is -0.133. The van der Waals surface area contributed by atoms with Crippen molar-refractivity contribution < 1.29 is 9.59 Å². The van der Waals surface area contributed by atoms with E-state index in [4.69, 9.17) is 0 Å². The van der Waals surface area contributed by atoms with Crippen LogP contribution in [0.3, 0.4) is 0 Å². The van der Waals surface area contributed by atoms with E-state index in [-0.39, 0.29) is 17.9 Å². The van der Waals surface area contributed by atoms with Crippen molar-refractivity contribution in [3.8, 4) is 0 Å². The molecule has 3 heterocycles. The summed E-state index contributed by atoms with van der Waals surface area (Å²) < 4.78 is 0. The Kier molecular flexibility index (Phi) is 4.64. The second-order valence-electron chi connectivity index (χ2n) is 7.31. The molecule has 0 bridgehead atoms. The van der Waals surface area contributed by atoms with Gasteiger partial charge in [0.2, 0.25) is 11.8 Å². The zero-order valence-electron chi connectivity index (χ0n) is 15.5. The molecule has 2 aliphatic heterocycles. The second-order valence-corrected chi connectivity index (χ2v) is 7.31. The predicted molar refractivity (Wildman–Crippen MR) is 102 cm³/mol. The Hall–Kier alpha value is -2.76. The molecule has 0 radical (unpaired) electrons. The number of aromatic nitrogens is 2. The third kappa shape index (κ3) is 2.89. The zero-order chi connectivity index (χ0) is 18.9. The Morgan fingerprint density at radius 1 is 1.33 bits per heavy atom. The topological polar surface area (TPSA) is 75.2 Å². The lowest BCUT2D eigenvalue weighted by Gasteiger charge is -2.34. The van der Waals surface area contributed by atoms with Crippen molar-refractivity contribution in [3.63, 3.8) is 0 Å². The van der Waals surface area contributed by atoms with Crippen molar-refractivity contribution >= 4 is 17.5 Å². The number of nitrogens with zero attached hydrogens (tertiary/aromatic N) is 3. The number of aryl methyl sites for hydroxylation is 1. The van der Waals surface area contributed by atoms with Crippen LogP contribution in [0.25, 0.3) is 0 Å². The zero-order valence-corrected chi connectivity index (χ0v) is 15.5. The van der Waals surface area contributed by atoms with Crippen molar-refractivity contribution in [3.05, 3.63) is 54.1 Å². The first-order valence-corrected chi connectivity index (χ1v) is 9.62. The fourth-order valence-corrected chi connectivity index (χ4v) is 4.61. The highest BCUT2D eigenvalue weighted by Gasteiger charge is 2.58. The molecule has 2 aromatic rings. The molecule has 1 aromatic carbocycles. The van der Waals surface area contributed by atoms with Crippen LogP contribution in [0.15, 0.2) is 42.9 Å². The molecule has 1 saturated heterocycles. The van der Waals surface area contributed by atoms with E-state index in [1.165, 1.54) is 0 Å². The van der Waals surface area contributed by atoms with Gasteiger partial charge in [-0.05, 0) is 30.9 Å². The number of hydrogen-bond donors (Lipinski definition) is 1. The molecule has 0 aliphatic carbocycles. The molecule has 2 atom stereocenters. The summed E-state index contributed by atoms with van der Waals surface area (Å²) >= 11 is 0.